The Kier molecular flexibility index (Phi) is 6.01. The third-order valence-electron chi connectivity index (χ3n) is 4.78. The van der Waals surface area contributed by atoms with Crippen LogP contribution in [-0.4, -0.2) is 20.2 Å². The highest BCUT2D eigenvalue weighted by atomic mass is 16.5. The Bertz CT molecular complexity index is 859. The zero-order chi connectivity index (χ0) is 19.2. The molecule has 0 aromatic heterocycles. The van der Waals surface area contributed by atoms with Crippen LogP contribution in [0.15, 0.2) is 48.0 Å². The molecule has 0 heterocycles. The van der Waals surface area contributed by atoms with E-state index in [1.807, 2.05) is 12.1 Å². The van der Waals surface area contributed by atoms with Crippen molar-refractivity contribution in [2.75, 3.05) is 19.5 Å². The van der Waals surface area contributed by atoms with Gasteiger partial charge in [0.1, 0.15) is 0 Å². The second kappa shape index (κ2) is 8.62. The largest absolute Gasteiger partial charge is 0.493 e. The summed E-state index contributed by atoms with van der Waals surface area (Å²) in [5.41, 5.74) is 11.9. The highest BCUT2D eigenvalue weighted by molar-refractivity contribution is 5.92. The average Bonchev–Trinajstić information content (AvgIpc) is 3.14. The Hall–Kier alpha value is -2.95. The molecule has 0 radical (unpaired) electrons. The monoisotopic (exact) mass is 365 g/mol. The molecule has 0 spiro atoms. The topological polar surface area (TPSA) is 68.9 Å². The van der Waals surface area contributed by atoms with Crippen molar-refractivity contribution in [2.45, 2.75) is 32.2 Å². The lowest BCUT2D eigenvalue weighted by molar-refractivity contribution is 0.352. The van der Waals surface area contributed by atoms with Crippen LogP contribution >= 0.6 is 0 Å². The first kappa shape index (κ1) is 18.8. The molecule has 1 aliphatic rings. The first-order valence-electron chi connectivity index (χ1n) is 9.18. The number of nitrogens with zero attached hydrogens (tertiary/aromatic N) is 1. The molecule has 5 nitrogen and oxygen atoms in total. The van der Waals surface area contributed by atoms with Crippen LogP contribution in [0.2, 0.25) is 0 Å². The van der Waals surface area contributed by atoms with Gasteiger partial charge in [0.25, 0.3) is 0 Å². The van der Waals surface area contributed by atoms with Gasteiger partial charge >= 0.3 is 0 Å². The molecule has 0 aliphatic heterocycles. The van der Waals surface area contributed by atoms with Gasteiger partial charge in [0.05, 0.1) is 20.8 Å². The van der Waals surface area contributed by atoms with E-state index in [2.05, 4.69) is 41.2 Å². The third-order valence-corrected chi connectivity index (χ3v) is 4.78. The van der Waals surface area contributed by atoms with Crippen molar-refractivity contribution in [3.63, 3.8) is 0 Å². The quantitative estimate of drug-likeness (QED) is 0.444. The van der Waals surface area contributed by atoms with Crippen molar-refractivity contribution in [2.24, 2.45) is 10.7 Å². The molecule has 3 rings (SSSR count). The van der Waals surface area contributed by atoms with E-state index in [-0.39, 0.29) is 0 Å². The number of ether oxygens (including phenoxy) is 2. The van der Waals surface area contributed by atoms with E-state index in [1.54, 1.807) is 14.2 Å². The Morgan fingerprint density at radius 1 is 1.19 bits per heavy atom. The van der Waals surface area contributed by atoms with Gasteiger partial charge in [-0.15, -0.1) is 6.58 Å². The van der Waals surface area contributed by atoms with Crippen LogP contribution < -0.4 is 20.5 Å². The molecular formula is C22H27N3O2. The number of nitrogens with two attached hydrogens (primary N) is 1. The molecule has 2 aromatic rings. The predicted octanol–water partition coefficient (Wildman–Crippen LogP) is 3.85. The molecule has 3 N–H and O–H groups in total. The Balaban J connectivity index is 1.74. The van der Waals surface area contributed by atoms with Gasteiger partial charge in [0, 0.05) is 11.3 Å². The first-order chi connectivity index (χ1) is 13.1. The molecule has 142 valence electrons. The molecule has 0 fully saturated rings. The zero-order valence-corrected chi connectivity index (χ0v) is 16.0. The van der Waals surface area contributed by atoms with Crippen molar-refractivity contribution < 1.29 is 9.47 Å². The highest BCUT2D eigenvalue weighted by Crippen LogP contribution is 2.33. The number of anilines is 1. The molecule has 0 saturated carbocycles. The van der Waals surface area contributed by atoms with Crippen LogP contribution in [-0.2, 0) is 25.8 Å². The standard InChI is InChI=1S/C22H27N3O2/c1-4-6-18-11-15(12-20(26-2)21(18)27-3)14-24-22(23)25-19-10-9-16-7-5-8-17(16)13-19/h4,9-13H,1,5-8,14H2,2-3H3,(H3,23,24,25). The fourth-order valence-corrected chi connectivity index (χ4v) is 3.52. The van der Waals surface area contributed by atoms with Crippen molar-refractivity contribution in [1.82, 2.24) is 0 Å². The van der Waals surface area contributed by atoms with Crippen LogP contribution in [0.4, 0.5) is 5.69 Å². The van der Waals surface area contributed by atoms with E-state index in [9.17, 15) is 0 Å². The number of hydrogen-bond acceptors (Lipinski definition) is 3. The summed E-state index contributed by atoms with van der Waals surface area (Å²) in [5, 5.41) is 3.19. The lowest BCUT2D eigenvalue weighted by Crippen LogP contribution is -2.22. The van der Waals surface area contributed by atoms with Crippen LogP contribution in [0.3, 0.4) is 0 Å². The van der Waals surface area contributed by atoms with E-state index >= 15 is 0 Å². The van der Waals surface area contributed by atoms with E-state index in [0.29, 0.717) is 24.7 Å². The summed E-state index contributed by atoms with van der Waals surface area (Å²) >= 11 is 0. The summed E-state index contributed by atoms with van der Waals surface area (Å²) in [5.74, 6) is 1.81. The molecule has 5 heteroatoms. The molecule has 2 aromatic carbocycles. The van der Waals surface area contributed by atoms with Gasteiger partial charge in [-0.25, -0.2) is 4.99 Å². The predicted molar refractivity (Wildman–Crippen MR) is 111 cm³/mol. The molecule has 0 saturated heterocycles. The number of rotatable bonds is 7. The van der Waals surface area contributed by atoms with Crippen molar-refractivity contribution in [3.8, 4) is 11.5 Å². The van der Waals surface area contributed by atoms with E-state index in [0.717, 1.165) is 29.0 Å². The fraction of sp³-hybridized carbons (Fsp3) is 0.318. The van der Waals surface area contributed by atoms with E-state index in [4.69, 9.17) is 15.2 Å². The Morgan fingerprint density at radius 2 is 2.00 bits per heavy atom. The molecule has 0 bridgehead atoms. The number of allylic oxidation sites excluding steroid dienone is 1. The summed E-state index contributed by atoms with van der Waals surface area (Å²) in [6.07, 6.45) is 6.08. The molecular weight excluding hydrogens is 338 g/mol. The Morgan fingerprint density at radius 3 is 2.74 bits per heavy atom. The lowest BCUT2D eigenvalue weighted by atomic mass is 10.1. The van der Waals surface area contributed by atoms with Crippen molar-refractivity contribution >= 4 is 11.6 Å². The van der Waals surface area contributed by atoms with Gasteiger partial charge < -0.3 is 20.5 Å². The maximum Gasteiger partial charge on any atom is 0.193 e. The maximum atomic E-state index is 6.09. The summed E-state index contributed by atoms with van der Waals surface area (Å²) in [7, 11) is 3.27. The maximum absolute atomic E-state index is 6.09. The van der Waals surface area contributed by atoms with Gasteiger partial charge in [0.2, 0.25) is 0 Å². The molecule has 0 atom stereocenters. The molecule has 1 aliphatic carbocycles. The molecule has 27 heavy (non-hydrogen) atoms. The average molecular weight is 365 g/mol. The van der Waals surface area contributed by atoms with Crippen LogP contribution in [0.5, 0.6) is 11.5 Å². The van der Waals surface area contributed by atoms with Gasteiger partial charge in [0.15, 0.2) is 17.5 Å². The van der Waals surface area contributed by atoms with Gasteiger partial charge in [-0.3, -0.25) is 0 Å². The summed E-state index contributed by atoms with van der Waals surface area (Å²) in [6.45, 7) is 4.26. The lowest BCUT2D eigenvalue weighted by Gasteiger charge is -2.14. The number of fused-ring (bicyclic) bond motifs is 1. The number of hydrogen-bond donors (Lipinski definition) is 2. The van der Waals surface area contributed by atoms with Crippen molar-refractivity contribution in [1.29, 1.82) is 0 Å². The molecule has 0 amide bonds. The second-order valence-corrected chi connectivity index (χ2v) is 6.65. The van der Waals surface area contributed by atoms with Gasteiger partial charge in [-0.1, -0.05) is 12.1 Å². The van der Waals surface area contributed by atoms with E-state index < -0.39 is 0 Å². The number of aryl methyl sites for hydroxylation is 2. The van der Waals surface area contributed by atoms with E-state index in [1.165, 1.54) is 24.0 Å². The number of guanidine groups is 1. The van der Waals surface area contributed by atoms with Gasteiger partial charge in [-0.2, -0.15) is 0 Å². The third kappa shape index (κ3) is 4.42. The summed E-state index contributed by atoms with van der Waals surface area (Å²) in [6, 6.07) is 10.4. The summed E-state index contributed by atoms with van der Waals surface area (Å²) < 4.78 is 10.9. The minimum absolute atomic E-state index is 0.396. The number of aliphatic imine (C=N–C) groups is 1. The molecule has 0 unspecified atom stereocenters. The van der Waals surface area contributed by atoms with Crippen LogP contribution in [0.1, 0.15) is 28.7 Å². The van der Waals surface area contributed by atoms with Crippen LogP contribution in [0, 0.1) is 0 Å². The number of benzene rings is 2. The minimum Gasteiger partial charge on any atom is -0.493 e. The summed E-state index contributed by atoms with van der Waals surface area (Å²) in [4.78, 5) is 4.48. The SMILES string of the molecule is C=CCc1cc(CN=C(N)Nc2ccc3c(c2)CCC3)cc(OC)c1OC. The zero-order valence-electron chi connectivity index (χ0n) is 16.0. The fourth-order valence-electron chi connectivity index (χ4n) is 3.52. The minimum atomic E-state index is 0.396. The first-order valence-corrected chi connectivity index (χ1v) is 9.18. The van der Waals surface area contributed by atoms with Crippen LogP contribution in [0.25, 0.3) is 0 Å². The number of methoxy groups -OCH3 is 2. The second-order valence-electron chi connectivity index (χ2n) is 6.65. The van der Waals surface area contributed by atoms with Crippen molar-refractivity contribution in [3.05, 3.63) is 65.2 Å². The smallest absolute Gasteiger partial charge is 0.193 e. The highest BCUT2D eigenvalue weighted by Gasteiger charge is 2.12. The normalized spacial score (nSPS) is 13.2. The Labute approximate surface area is 160 Å². The number of nitrogens with one attached hydrogen (secondary N) is 1. The van der Waals surface area contributed by atoms with Gasteiger partial charge in [-0.05, 0) is 66.6 Å².